The number of amides is 1. The molecule has 0 saturated carbocycles. The van der Waals surface area contributed by atoms with Crippen LogP contribution < -0.4 is 10.6 Å². The zero-order chi connectivity index (χ0) is 13.0. The second-order valence-corrected chi connectivity index (χ2v) is 5.91. The van der Waals surface area contributed by atoms with E-state index in [0.29, 0.717) is 6.04 Å². The van der Waals surface area contributed by atoms with Gasteiger partial charge in [-0.1, -0.05) is 0 Å². The molecular formula is C14H27N3O. The summed E-state index contributed by atoms with van der Waals surface area (Å²) in [6.45, 7) is 8.68. The molecule has 4 nitrogen and oxygen atoms in total. The van der Waals surface area contributed by atoms with Crippen LogP contribution in [0.15, 0.2) is 0 Å². The molecule has 2 heterocycles. The van der Waals surface area contributed by atoms with Crippen LogP contribution in [-0.4, -0.2) is 49.1 Å². The molecule has 2 rings (SSSR count). The first kappa shape index (κ1) is 13.8. The third-order valence-electron chi connectivity index (χ3n) is 4.22. The number of piperidine rings is 1. The number of nitrogens with one attached hydrogen (secondary N) is 2. The highest BCUT2D eigenvalue weighted by atomic mass is 16.2. The predicted octanol–water partition coefficient (Wildman–Crippen LogP) is 0.975. The molecule has 3 atom stereocenters. The normalized spacial score (nSPS) is 31.2. The molecule has 1 amide bonds. The molecule has 0 radical (unpaired) electrons. The standard InChI is InChI=1S/C14H27N3O/c1-11(10-17-8-3-4-9-17)16-14(18)13-6-5-7-15-12(13)2/h11-13,15H,3-10H2,1-2H3,(H,16,18). The van der Waals surface area contributed by atoms with Crippen molar-refractivity contribution in [1.29, 1.82) is 0 Å². The molecule has 18 heavy (non-hydrogen) atoms. The van der Waals surface area contributed by atoms with E-state index in [-0.39, 0.29) is 17.9 Å². The Hall–Kier alpha value is -0.610. The maximum absolute atomic E-state index is 12.2. The largest absolute Gasteiger partial charge is 0.352 e. The maximum atomic E-state index is 12.2. The van der Waals surface area contributed by atoms with Crippen molar-refractivity contribution in [2.45, 2.75) is 51.6 Å². The Balaban J connectivity index is 1.75. The van der Waals surface area contributed by atoms with Crippen molar-refractivity contribution >= 4 is 5.91 Å². The molecule has 0 aromatic carbocycles. The van der Waals surface area contributed by atoms with Gasteiger partial charge in [-0.3, -0.25) is 4.79 Å². The number of likely N-dealkylation sites (tertiary alicyclic amines) is 1. The minimum absolute atomic E-state index is 0.153. The Morgan fingerprint density at radius 2 is 2.11 bits per heavy atom. The van der Waals surface area contributed by atoms with Crippen molar-refractivity contribution in [2.24, 2.45) is 5.92 Å². The van der Waals surface area contributed by atoms with Gasteiger partial charge in [0.05, 0.1) is 5.92 Å². The van der Waals surface area contributed by atoms with E-state index < -0.39 is 0 Å². The van der Waals surface area contributed by atoms with Crippen LogP contribution in [0.2, 0.25) is 0 Å². The summed E-state index contributed by atoms with van der Waals surface area (Å²) in [6, 6.07) is 0.586. The van der Waals surface area contributed by atoms with Gasteiger partial charge in [0, 0.05) is 18.6 Å². The van der Waals surface area contributed by atoms with E-state index in [1.807, 2.05) is 0 Å². The molecule has 4 heteroatoms. The van der Waals surface area contributed by atoms with Gasteiger partial charge in [-0.15, -0.1) is 0 Å². The Kier molecular flexibility index (Phi) is 5.01. The van der Waals surface area contributed by atoms with E-state index in [2.05, 4.69) is 29.4 Å². The van der Waals surface area contributed by atoms with Gasteiger partial charge in [-0.25, -0.2) is 0 Å². The van der Waals surface area contributed by atoms with E-state index in [0.717, 1.165) is 25.9 Å². The third-order valence-corrected chi connectivity index (χ3v) is 4.22. The molecule has 0 spiro atoms. The predicted molar refractivity (Wildman–Crippen MR) is 73.5 cm³/mol. The first-order valence-corrected chi connectivity index (χ1v) is 7.43. The fourth-order valence-electron chi connectivity index (χ4n) is 3.15. The van der Waals surface area contributed by atoms with Crippen LogP contribution in [0, 0.1) is 5.92 Å². The number of nitrogens with zero attached hydrogens (tertiary/aromatic N) is 1. The van der Waals surface area contributed by atoms with E-state index in [4.69, 9.17) is 0 Å². The highest BCUT2D eigenvalue weighted by molar-refractivity contribution is 5.79. The van der Waals surface area contributed by atoms with Crippen molar-refractivity contribution in [2.75, 3.05) is 26.2 Å². The van der Waals surface area contributed by atoms with Gasteiger partial charge in [0.2, 0.25) is 5.91 Å². The monoisotopic (exact) mass is 253 g/mol. The number of carbonyl (C=O) groups is 1. The first-order chi connectivity index (χ1) is 8.66. The molecule has 2 aliphatic rings. The zero-order valence-corrected chi connectivity index (χ0v) is 11.7. The average Bonchev–Trinajstić information content (AvgIpc) is 2.82. The number of hydrogen-bond acceptors (Lipinski definition) is 3. The molecule has 2 saturated heterocycles. The lowest BCUT2D eigenvalue weighted by Gasteiger charge is -2.30. The Morgan fingerprint density at radius 3 is 2.78 bits per heavy atom. The first-order valence-electron chi connectivity index (χ1n) is 7.43. The van der Waals surface area contributed by atoms with Crippen molar-refractivity contribution in [3.05, 3.63) is 0 Å². The molecule has 0 bridgehead atoms. The van der Waals surface area contributed by atoms with E-state index in [1.165, 1.54) is 25.9 Å². The molecule has 0 aromatic rings. The van der Waals surface area contributed by atoms with Gasteiger partial charge >= 0.3 is 0 Å². The van der Waals surface area contributed by atoms with E-state index in [1.54, 1.807) is 0 Å². The van der Waals surface area contributed by atoms with Gasteiger partial charge in [0.25, 0.3) is 0 Å². The second-order valence-electron chi connectivity index (χ2n) is 5.91. The smallest absolute Gasteiger partial charge is 0.224 e. The minimum atomic E-state index is 0.153. The van der Waals surface area contributed by atoms with Gasteiger partial charge in [-0.05, 0) is 59.2 Å². The lowest BCUT2D eigenvalue weighted by molar-refractivity contribution is -0.127. The van der Waals surface area contributed by atoms with Crippen molar-refractivity contribution < 1.29 is 4.79 Å². The minimum Gasteiger partial charge on any atom is -0.352 e. The summed E-state index contributed by atoms with van der Waals surface area (Å²) in [5.41, 5.74) is 0. The molecule has 2 aliphatic heterocycles. The van der Waals surface area contributed by atoms with Gasteiger partial charge < -0.3 is 15.5 Å². The zero-order valence-electron chi connectivity index (χ0n) is 11.7. The van der Waals surface area contributed by atoms with E-state index >= 15 is 0 Å². The average molecular weight is 253 g/mol. The highest BCUT2D eigenvalue weighted by Gasteiger charge is 2.28. The topological polar surface area (TPSA) is 44.4 Å². The summed E-state index contributed by atoms with van der Waals surface area (Å²) in [6.07, 6.45) is 4.76. The third kappa shape index (κ3) is 3.69. The van der Waals surface area contributed by atoms with Gasteiger partial charge in [-0.2, -0.15) is 0 Å². The fraction of sp³-hybridized carbons (Fsp3) is 0.929. The van der Waals surface area contributed by atoms with Crippen LogP contribution in [0.4, 0.5) is 0 Å². The molecule has 0 aromatic heterocycles. The second kappa shape index (κ2) is 6.53. The van der Waals surface area contributed by atoms with Crippen LogP contribution >= 0.6 is 0 Å². The van der Waals surface area contributed by atoms with Crippen molar-refractivity contribution in [3.8, 4) is 0 Å². The molecule has 2 fully saturated rings. The summed E-state index contributed by atoms with van der Waals surface area (Å²) in [5.74, 6) is 0.390. The Labute approximate surface area is 110 Å². The lowest BCUT2D eigenvalue weighted by Crippen LogP contribution is -2.50. The number of hydrogen-bond donors (Lipinski definition) is 2. The Morgan fingerprint density at radius 1 is 1.39 bits per heavy atom. The summed E-state index contributed by atoms with van der Waals surface area (Å²) in [4.78, 5) is 14.7. The van der Waals surface area contributed by atoms with E-state index in [9.17, 15) is 4.79 Å². The summed E-state index contributed by atoms with van der Waals surface area (Å²) >= 11 is 0. The van der Waals surface area contributed by atoms with Gasteiger partial charge in [0.1, 0.15) is 0 Å². The summed E-state index contributed by atoms with van der Waals surface area (Å²) in [5, 5.41) is 6.57. The number of rotatable bonds is 4. The quantitative estimate of drug-likeness (QED) is 0.785. The number of carbonyl (C=O) groups excluding carboxylic acids is 1. The molecule has 104 valence electrons. The highest BCUT2D eigenvalue weighted by Crippen LogP contribution is 2.16. The van der Waals surface area contributed by atoms with Gasteiger partial charge in [0.15, 0.2) is 0 Å². The maximum Gasteiger partial charge on any atom is 0.224 e. The molecular weight excluding hydrogens is 226 g/mol. The fourth-order valence-corrected chi connectivity index (χ4v) is 3.15. The van der Waals surface area contributed by atoms with Crippen LogP contribution in [0.1, 0.15) is 39.5 Å². The summed E-state index contributed by atoms with van der Waals surface area (Å²) < 4.78 is 0. The molecule has 3 unspecified atom stereocenters. The van der Waals surface area contributed by atoms with Crippen molar-refractivity contribution in [3.63, 3.8) is 0 Å². The lowest BCUT2D eigenvalue weighted by atomic mass is 9.91. The van der Waals surface area contributed by atoms with Crippen LogP contribution in [0.3, 0.4) is 0 Å². The van der Waals surface area contributed by atoms with Crippen LogP contribution in [0.25, 0.3) is 0 Å². The van der Waals surface area contributed by atoms with Crippen LogP contribution in [-0.2, 0) is 4.79 Å². The van der Waals surface area contributed by atoms with Crippen molar-refractivity contribution in [1.82, 2.24) is 15.5 Å². The SMILES string of the molecule is CC(CN1CCCC1)NC(=O)C1CCCNC1C. The molecule has 0 aliphatic carbocycles. The van der Waals surface area contributed by atoms with Crippen LogP contribution in [0.5, 0.6) is 0 Å². The Bertz CT molecular complexity index is 276. The molecule has 2 N–H and O–H groups in total. The summed E-state index contributed by atoms with van der Waals surface area (Å²) in [7, 11) is 0.